The average Bonchev–Trinajstić information content (AvgIpc) is 2.31. The second-order valence-electron chi connectivity index (χ2n) is 4.54. The van der Waals surface area contributed by atoms with Crippen molar-refractivity contribution in [3.8, 4) is 0 Å². The minimum Gasteiger partial charge on any atom is -0.387 e. The third-order valence-electron chi connectivity index (χ3n) is 3.40. The van der Waals surface area contributed by atoms with Gasteiger partial charge in [-0.25, -0.2) is 0 Å². The number of piperidine rings is 1. The first kappa shape index (κ1) is 10.9. The molecule has 1 fully saturated rings. The van der Waals surface area contributed by atoms with E-state index in [1.165, 1.54) is 0 Å². The van der Waals surface area contributed by atoms with Crippen molar-refractivity contribution in [3.63, 3.8) is 0 Å². The number of hydrogen-bond donors (Lipinski definition) is 2. The molecule has 0 spiro atoms. The van der Waals surface area contributed by atoms with Crippen LogP contribution in [0.2, 0.25) is 0 Å². The molecule has 0 amide bonds. The fourth-order valence-corrected chi connectivity index (χ4v) is 1.96. The molecule has 0 aromatic carbocycles. The zero-order valence-corrected chi connectivity index (χ0v) is 9.48. The van der Waals surface area contributed by atoms with E-state index in [1.54, 1.807) is 6.20 Å². The SMILES string of the molecule is CC1(C(=N)N)CCN(c2cccnn2)CC1. The zero-order valence-electron chi connectivity index (χ0n) is 9.48. The van der Waals surface area contributed by atoms with Gasteiger partial charge in [0.25, 0.3) is 0 Å². The van der Waals surface area contributed by atoms with E-state index in [-0.39, 0.29) is 5.41 Å². The van der Waals surface area contributed by atoms with Crippen molar-refractivity contribution in [3.05, 3.63) is 18.3 Å². The highest BCUT2D eigenvalue weighted by Gasteiger charge is 2.33. The zero-order chi connectivity index (χ0) is 11.6. The molecule has 86 valence electrons. The number of amidine groups is 1. The molecule has 0 aliphatic carbocycles. The van der Waals surface area contributed by atoms with Crippen LogP contribution in [0.4, 0.5) is 5.82 Å². The van der Waals surface area contributed by atoms with Crippen molar-refractivity contribution in [1.29, 1.82) is 5.41 Å². The molecule has 5 nitrogen and oxygen atoms in total. The predicted octanol–water partition coefficient (Wildman–Crippen LogP) is 1.02. The molecule has 0 atom stereocenters. The van der Waals surface area contributed by atoms with E-state index in [9.17, 15) is 0 Å². The third kappa shape index (κ3) is 1.98. The van der Waals surface area contributed by atoms with Crippen molar-refractivity contribution in [2.75, 3.05) is 18.0 Å². The van der Waals surface area contributed by atoms with Gasteiger partial charge in [0.15, 0.2) is 5.82 Å². The summed E-state index contributed by atoms with van der Waals surface area (Å²) in [6.07, 6.45) is 3.48. The molecule has 1 aliphatic rings. The Labute approximate surface area is 95.2 Å². The van der Waals surface area contributed by atoms with Crippen LogP contribution in [0.15, 0.2) is 18.3 Å². The fraction of sp³-hybridized carbons (Fsp3) is 0.545. The first-order chi connectivity index (χ1) is 7.62. The molecule has 1 aromatic heterocycles. The van der Waals surface area contributed by atoms with Crippen LogP contribution >= 0.6 is 0 Å². The largest absolute Gasteiger partial charge is 0.387 e. The van der Waals surface area contributed by atoms with E-state index in [2.05, 4.69) is 22.0 Å². The van der Waals surface area contributed by atoms with Gasteiger partial charge in [0.05, 0.1) is 5.84 Å². The van der Waals surface area contributed by atoms with Gasteiger partial charge < -0.3 is 10.6 Å². The number of aromatic nitrogens is 2. The summed E-state index contributed by atoms with van der Waals surface area (Å²) in [6, 6.07) is 3.85. The first-order valence-corrected chi connectivity index (χ1v) is 5.49. The summed E-state index contributed by atoms with van der Waals surface area (Å²) >= 11 is 0. The summed E-state index contributed by atoms with van der Waals surface area (Å²) in [5, 5.41) is 15.5. The van der Waals surface area contributed by atoms with Crippen LogP contribution in [0.5, 0.6) is 0 Å². The molecule has 1 saturated heterocycles. The maximum absolute atomic E-state index is 7.59. The summed E-state index contributed by atoms with van der Waals surface area (Å²) in [5.41, 5.74) is 5.48. The van der Waals surface area contributed by atoms with Crippen LogP contribution in [0.3, 0.4) is 0 Å². The van der Waals surface area contributed by atoms with E-state index < -0.39 is 0 Å². The van der Waals surface area contributed by atoms with Crippen molar-refractivity contribution in [1.82, 2.24) is 10.2 Å². The van der Waals surface area contributed by atoms with E-state index in [0.717, 1.165) is 31.7 Å². The molecular weight excluding hydrogens is 202 g/mol. The van der Waals surface area contributed by atoms with E-state index in [0.29, 0.717) is 5.84 Å². The fourth-order valence-electron chi connectivity index (χ4n) is 1.96. The monoisotopic (exact) mass is 219 g/mol. The molecule has 1 aliphatic heterocycles. The van der Waals surface area contributed by atoms with Gasteiger partial charge in [-0.3, -0.25) is 5.41 Å². The Hall–Kier alpha value is -1.65. The number of rotatable bonds is 2. The molecule has 3 N–H and O–H groups in total. The summed E-state index contributed by atoms with van der Waals surface area (Å²) in [6.45, 7) is 3.83. The average molecular weight is 219 g/mol. The second kappa shape index (κ2) is 4.08. The Kier molecular flexibility index (Phi) is 2.77. The van der Waals surface area contributed by atoms with Gasteiger partial charge in [0, 0.05) is 24.7 Å². The molecule has 1 aromatic rings. The maximum atomic E-state index is 7.59. The minimum absolute atomic E-state index is 0.140. The van der Waals surface area contributed by atoms with Crippen molar-refractivity contribution >= 4 is 11.7 Å². The Bertz CT molecular complexity index is 367. The Balaban J connectivity index is 2.03. The summed E-state index contributed by atoms with van der Waals surface area (Å²) in [4.78, 5) is 2.19. The molecule has 0 unspecified atom stereocenters. The van der Waals surface area contributed by atoms with Crippen LogP contribution in [-0.2, 0) is 0 Å². The van der Waals surface area contributed by atoms with E-state index in [4.69, 9.17) is 11.1 Å². The lowest BCUT2D eigenvalue weighted by Crippen LogP contribution is -2.45. The van der Waals surface area contributed by atoms with Crippen molar-refractivity contribution in [2.24, 2.45) is 11.1 Å². The second-order valence-corrected chi connectivity index (χ2v) is 4.54. The summed E-state index contributed by atoms with van der Waals surface area (Å²) in [7, 11) is 0. The standard InChI is InChI=1S/C11H17N5/c1-11(10(12)13)4-7-16(8-5-11)9-3-2-6-14-15-9/h2-3,6H,4-5,7-8H2,1H3,(H3,12,13). The summed E-state index contributed by atoms with van der Waals surface area (Å²) in [5.74, 6) is 1.21. The normalized spacial score (nSPS) is 19.4. The van der Waals surface area contributed by atoms with Crippen molar-refractivity contribution < 1.29 is 0 Å². The van der Waals surface area contributed by atoms with Crippen LogP contribution in [-0.4, -0.2) is 29.1 Å². The van der Waals surface area contributed by atoms with Crippen molar-refractivity contribution in [2.45, 2.75) is 19.8 Å². The lowest BCUT2D eigenvalue weighted by molar-refractivity contribution is 0.349. The van der Waals surface area contributed by atoms with Gasteiger partial charge in [0.2, 0.25) is 0 Å². The molecule has 0 saturated carbocycles. The highest BCUT2D eigenvalue weighted by molar-refractivity contribution is 5.83. The summed E-state index contributed by atoms with van der Waals surface area (Å²) < 4.78 is 0. The van der Waals surface area contributed by atoms with Gasteiger partial charge in [-0.15, -0.1) is 5.10 Å². The smallest absolute Gasteiger partial charge is 0.151 e. The van der Waals surface area contributed by atoms with Gasteiger partial charge in [-0.2, -0.15) is 5.10 Å². The third-order valence-corrected chi connectivity index (χ3v) is 3.40. The molecule has 0 radical (unpaired) electrons. The number of anilines is 1. The maximum Gasteiger partial charge on any atom is 0.151 e. The van der Waals surface area contributed by atoms with Crippen LogP contribution in [0.1, 0.15) is 19.8 Å². The number of hydrogen-bond acceptors (Lipinski definition) is 4. The minimum atomic E-state index is -0.140. The van der Waals surface area contributed by atoms with E-state index in [1.807, 2.05) is 12.1 Å². The topological polar surface area (TPSA) is 78.9 Å². The molecule has 16 heavy (non-hydrogen) atoms. The number of nitrogens with one attached hydrogen (secondary N) is 1. The van der Waals surface area contributed by atoms with Gasteiger partial charge >= 0.3 is 0 Å². The molecular formula is C11H17N5. The molecule has 5 heteroatoms. The molecule has 2 heterocycles. The molecule has 2 rings (SSSR count). The highest BCUT2D eigenvalue weighted by atomic mass is 15.3. The Morgan fingerprint density at radius 3 is 2.69 bits per heavy atom. The van der Waals surface area contributed by atoms with E-state index >= 15 is 0 Å². The predicted molar refractivity (Wildman–Crippen MR) is 63.5 cm³/mol. The number of nitrogens with zero attached hydrogens (tertiary/aromatic N) is 3. The van der Waals surface area contributed by atoms with Crippen LogP contribution in [0.25, 0.3) is 0 Å². The Morgan fingerprint density at radius 2 is 2.19 bits per heavy atom. The molecule has 0 bridgehead atoms. The quantitative estimate of drug-likeness (QED) is 0.575. The van der Waals surface area contributed by atoms with Crippen LogP contribution < -0.4 is 10.6 Å². The van der Waals surface area contributed by atoms with Gasteiger partial charge in [0.1, 0.15) is 0 Å². The van der Waals surface area contributed by atoms with Crippen LogP contribution in [0, 0.1) is 10.8 Å². The number of nitrogens with two attached hydrogens (primary N) is 1. The Morgan fingerprint density at radius 1 is 1.50 bits per heavy atom. The van der Waals surface area contributed by atoms with Gasteiger partial charge in [-0.1, -0.05) is 6.92 Å². The lowest BCUT2D eigenvalue weighted by Gasteiger charge is -2.38. The lowest BCUT2D eigenvalue weighted by atomic mass is 9.79. The first-order valence-electron chi connectivity index (χ1n) is 5.49. The highest BCUT2D eigenvalue weighted by Crippen LogP contribution is 2.31. The van der Waals surface area contributed by atoms with Gasteiger partial charge in [-0.05, 0) is 25.0 Å².